The molecular weight excluding hydrogens is 381 g/mol. The standard InChI is InChI=1S/C22H25Cl2NO2/c1-5-27-21(26)19-12-16(13-6-8-14(9-7-13)22(2,3)4)20-17(24)10-15(23)11-18(20)25-19/h6-11,16,19,25H,5,12H2,1-4H3. The highest BCUT2D eigenvalue weighted by Crippen LogP contribution is 2.44. The summed E-state index contributed by atoms with van der Waals surface area (Å²) in [5.74, 6) is -0.259. The lowest BCUT2D eigenvalue weighted by atomic mass is 9.80. The fraction of sp³-hybridized carbons (Fsp3) is 0.409. The number of carbonyl (C=O) groups is 1. The number of ether oxygens (including phenoxy) is 1. The van der Waals surface area contributed by atoms with Gasteiger partial charge in [-0.05, 0) is 42.0 Å². The number of nitrogens with one attached hydrogen (secondary N) is 1. The molecular formula is C22H25Cl2NO2. The molecule has 2 atom stereocenters. The minimum atomic E-state index is -0.431. The van der Waals surface area contributed by atoms with Crippen LogP contribution < -0.4 is 5.32 Å². The third-order valence-corrected chi connectivity index (χ3v) is 5.53. The zero-order valence-corrected chi connectivity index (χ0v) is 17.6. The van der Waals surface area contributed by atoms with Crippen LogP contribution in [0.4, 0.5) is 5.69 Å². The molecule has 0 radical (unpaired) electrons. The van der Waals surface area contributed by atoms with Crippen LogP contribution in [0.1, 0.15) is 56.7 Å². The second-order valence-corrected chi connectivity index (χ2v) is 8.80. The Hall–Kier alpha value is -1.71. The molecule has 1 N–H and O–H groups in total. The maximum Gasteiger partial charge on any atom is 0.328 e. The average Bonchev–Trinajstić information content (AvgIpc) is 2.60. The molecule has 0 amide bonds. The number of halogens is 2. The van der Waals surface area contributed by atoms with Crippen molar-refractivity contribution in [2.75, 3.05) is 11.9 Å². The molecule has 0 aliphatic carbocycles. The summed E-state index contributed by atoms with van der Waals surface area (Å²) in [4.78, 5) is 12.4. The number of hydrogen-bond acceptors (Lipinski definition) is 3. The number of rotatable bonds is 3. The molecule has 2 aromatic carbocycles. The molecule has 3 nitrogen and oxygen atoms in total. The van der Waals surface area contributed by atoms with Gasteiger partial charge >= 0.3 is 5.97 Å². The predicted octanol–water partition coefficient (Wildman–Crippen LogP) is 6.17. The monoisotopic (exact) mass is 405 g/mol. The van der Waals surface area contributed by atoms with Crippen molar-refractivity contribution < 1.29 is 9.53 Å². The van der Waals surface area contributed by atoms with Crippen LogP contribution in [0.3, 0.4) is 0 Å². The van der Waals surface area contributed by atoms with E-state index in [-0.39, 0.29) is 17.3 Å². The van der Waals surface area contributed by atoms with Gasteiger partial charge in [0.15, 0.2) is 0 Å². The molecule has 0 saturated carbocycles. The Labute approximate surface area is 171 Å². The Morgan fingerprint density at radius 3 is 2.44 bits per heavy atom. The molecule has 1 aliphatic rings. The van der Waals surface area contributed by atoms with E-state index in [0.29, 0.717) is 23.1 Å². The van der Waals surface area contributed by atoms with E-state index in [0.717, 1.165) is 16.8 Å². The topological polar surface area (TPSA) is 38.3 Å². The van der Waals surface area contributed by atoms with E-state index in [1.807, 2.05) is 13.0 Å². The number of carbonyl (C=O) groups excluding carboxylic acids is 1. The zero-order valence-electron chi connectivity index (χ0n) is 16.1. The van der Waals surface area contributed by atoms with Crippen molar-refractivity contribution in [3.63, 3.8) is 0 Å². The summed E-state index contributed by atoms with van der Waals surface area (Å²) in [6.45, 7) is 8.74. The third kappa shape index (κ3) is 4.25. The summed E-state index contributed by atoms with van der Waals surface area (Å²) in [6, 6.07) is 11.7. The van der Waals surface area contributed by atoms with Crippen molar-refractivity contribution in [2.24, 2.45) is 0 Å². The third-order valence-electron chi connectivity index (χ3n) is 4.99. The molecule has 0 spiro atoms. The molecule has 0 saturated heterocycles. The number of hydrogen-bond donors (Lipinski definition) is 1. The van der Waals surface area contributed by atoms with E-state index >= 15 is 0 Å². The quantitative estimate of drug-likeness (QED) is 0.620. The molecule has 0 fully saturated rings. The second kappa shape index (κ2) is 7.73. The largest absolute Gasteiger partial charge is 0.464 e. The van der Waals surface area contributed by atoms with Crippen LogP contribution in [0, 0.1) is 0 Å². The molecule has 0 bridgehead atoms. The fourth-order valence-corrected chi connectivity index (χ4v) is 4.20. The van der Waals surface area contributed by atoms with Crippen LogP contribution in [0.5, 0.6) is 0 Å². The highest BCUT2D eigenvalue weighted by molar-refractivity contribution is 6.35. The summed E-state index contributed by atoms with van der Waals surface area (Å²) in [6.07, 6.45) is 0.585. The van der Waals surface area contributed by atoms with Crippen LogP contribution in [0.15, 0.2) is 36.4 Å². The predicted molar refractivity (Wildman–Crippen MR) is 112 cm³/mol. The maximum atomic E-state index is 12.4. The molecule has 3 rings (SSSR count). The highest BCUT2D eigenvalue weighted by Gasteiger charge is 2.34. The lowest BCUT2D eigenvalue weighted by Crippen LogP contribution is -2.37. The van der Waals surface area contributed by atoms with Gasteiger partial charge in [0.1, 0.15) is 6.04 Å². The number of benzene rings is 2. The van der Waals surface area contributed by atoms with Gasteiger partial charge in [0.05, 0.1) is 6.61 Å². The number of anilines is 1. The van der Waals surface area contributed by atoms with E-state index in [4.69, 9.17) is 27.9 Å². The van der Waals surface area contributed by atoms with Crippen molar-refractivity contribution in [3.05, 3.63) is 63.1 Å². The maximum absolute atomic E-state index is 12.4. The molecule has 1 heterocycles. The van der Waals surface area contributed by atoms with Crippen LogP contribution in [0.25, 0.3) is 0 Å². The zero-order chi connectivity index (χ0) is 19.8. The van der Waals surface area contributed by atoms with Crippen molar-refractivity contribution in [1.82, 2.24) is 0 Å². The smallest absolute Gasteiger partial charge is 0.328 e. The molecule has 2 aromatic rings. The number of fused-ring (bicyclic) bond motifs is 1. The lowest BCUT2D eigenvalue weighted by Gasteiger charge is -2.33. The van der Waals surface area contributed by atoms with Gasteiger partial charge in [-0.1, -0.05) is 68.2 Å². The van der Waals surface area contributed by atoms with Gasteiger partial charge in [0.2, 0.25) is 0 Å². The average molecular weight is 406 g/mol. The summed E-state index contributed by atoms with van der Waals surface area (Å²) >= 11 is 12.7. The fourth-order valence-electron chi connectivity index (χ4n) is 3.57. The van der Waals surface area contributed by atoms with Crippen molar-refractivity contribution in [3.8, 4) is 0 Å². The molecule has 1 aliphatic heterocycles. The second-order valence-electron chi connectivity index (χ2n) is 7.96. The van der Waals surface area contributed by atoms with Crippen molar-refractivity contribution in [1.29, 1.82) is 0 Å². The van der Waals surface area contributed by atoms with Gasteiger partial charge in [-0.25, -0.2) is 4.79 Å². The van der Waals surface area contributed by atoms with Gasteiger partial charge in [0.25, 0.3) is 0 Å². The first-order valence-corrected chi connectivity index (χ1v) is 9.99. The molecule has 144 valence electrons. The van der Waals surface area contributed by atoms with E-state index in [1.165, 1.54) is 5.56 Å². The van der Waals surface area contributed by atoms with Crippen molar-refractivity contribution in [2.45, 2.75) is 51.5 Å². The Bertz CT molecular complexity index is 841. The van der Waals surface area contributed by atoms with Crippen LogP contribution in [-0.4, -0.2) is 18.6 Å². The highest BCUT2D eigenvalue weighted by atomic mass is 35.5. The van der Waals surface area contributed by atoms with E-state index < -0.39 is 6.04 Å². The first-order chi connectivity index (χ1) is 12.7. The van der Waals surface area contributed by atoms with Gasteiger partial charge in [-0.15, -0.1) is 0 Å². The first-order valence-electron chi connectivity index (χ1n) is 9.23. The lowest BCUT2D eigenvalue weighted by molar-refractivity contribution is -0.144. The van der Waals surface area contributed by atoms with Crippen LogP contribution >= 0.6 is 23.2 Å². The SMILES string of the molecule is CCOC(=O)C1CC(c2ccc(C(C)(C)C)cc2)c2c(Cl)cc(Cl)cc2N1. The van der Waals surface area contributed by atoms with Crippen molar-refractivity contribution >= 4 is 34.9 Å². The summed E-state index contributed by atoms with van der Waals surface area (Å²) in [5.41, 5.74) is 4.25. The first kappa shape index (κ1) is 20.0. The Balaban J connectivity index is 2.04. The summed E-state index contributed by atoms with van der Waals surface area (Å²) in [7, 11) is 0. The summed E-state index contributed by atoms with van der Waals surface area (Å²) < 4.78 is 5.24. The van der Waals surface area contributed by atoms with E-state index in [1.54, 1.807) is 6.07 Å². The molecule has 2 unspecified atom stereocenters. The summed E-state index contributed by atoms with van der Waals surface area (Å²) in [5, 5.41) is 4.40. The van der Waals surface area contributed by atoms with Gasteiger partial charge in [-0.3, -0.25) is 0 Å². The van der Waals surface area contributed by atoms with Gasteiger partial charge in [-0.2, -0.15) is 0 Å². The van der Waals surface area contributed by atoms with E-state index in [9.17, 15) is 4.79 Å². The van der Waals surface area contributed by atoms with Gasteiger partial charge in [0, 0.05) is 27.2 Å². The van der Waals surface area contributed by atoms with Gasteiger partial charge < -0.3 is 10.1 Å². The van der Waals surface area contributed by atoms with Crippen LogP contribution in [0.2, 0.25) is 10.0 Å². The Morgan fingerprint density at radius 1 is 1.19 bits per heavy atom. The molecule has 5 heteroatoms. The number of esters is 1. The van der Waals surface area contributed by atoms with Crippen LogP contribution in [-0.2, 0) is 14.9 Å². The Morgan fingerprint density at radius 2 is 1.85 bits per heavy atom. The minimum absolute atomic E-state index is 0.00515. The molecule has 0 aromatic heterocycles. The van der Waals surface area contributed by atoms with E-state index in [2.05, 4.69) is 50.4 Å². The Kier molecular flexibility index (Phi) is 5.73. The normalized spacial score (nSPS) is 19.2. The minimum Gasteiger partial charge on any atom is -0.464 e. The molecule has 27 heavy (non-hydrogen) atoms.